The first-order chi connectivity index (χ1) is 49.3. The van der Waals surface area contributed by atoms with Gasteiger partial charge in [-0.25, -0.2) is 17.9 Å². The molecule has 555 valence electrons. The van der Waals surface area contributed by atoms with E-state index in [0.29, 0.717) is 28.4 Å². The zero-order valence-corrected chi connectivity index (χ0v) is 71.5. The molecular formula is C79H90F4N16O6Y3+4. The molecule has 29 heteroatoms. The van der Waals surface area contributed by atoms with Crippen LogP contribution in [0.2, 0.25) is 0 Å². The zero-order valence-electron chi connectivity index (χ0n) is 62.9. The molecule has 3 aromatic carbocycles. The minimum Gasteiger partial charge on any atom is -0.521 e. The third-order valence-corrected chi connectivity index (χ3v) is 16.5. The van der Waals surface area contributed by atoms with E-state index >= 15 is 0 Å². The SMILES string of the molecule is C.CN(C)c1cc[n+](-c2[c-]c(C(=O)O)c(-[n+]3ccc(N(C)C)cc3)c(-[n+]3ccc(N(C)C)cc3)c2-[n+]2ccc(N(C)C)cc2)cc1.CN(C)c1ccncc1.Cc1c(-[n+]2ccc(N(C)C)cc2)[c-]c(C(=O)O)c(-[n+]2ccc(N(C)C)cc2)c1-[n+]1ccc(N(C)C)cc1.O=C(O)c1[c-]c(F)c(F)c(F)c1F.[Y].[Y].[Y]. The molecule has 0 spiro atoms. The number of hydrogen-bond acceptors (Lipinski definition) is 12. The van der Waals surface area contributed by atoms with E-state index in [9.17, 15) is 42.2 Å². The molecule has 22 nitrogen and oxygen atoms in total. The molecule has 8 aromatic heterocycles. The first-order valence-electron chi connectivity index (χ1n) is 32.4. The summed E-state index contributed by atoms with van der Waals surface area (Å²) in [7, 11) is 31.8. The Balaban J connectivity index is 0.000000348. The number of carbonyl (C=O) groups is 3. The molecule has 3 radical (unpaired) electrons. The van der Waals surface area contributed by atoms with E-state index in [1.165, 1.54) is 11.8 Å². The average molecular weight is 1700 g/mol. The van der Waals surface area contributed by atoms with E-state index in [2.05, 4.69) is 17.1 Å². The van der Waals surface area contributed by atoms with Crippen molar-refractivity contribution in [2.24, 2.45) is 0 Å². The number of halogens is 4. The summed E-state index contributed by atoms with van der Waals surface area (Å²) in [5.41, 5.74) is 12.6. The maximum Gasteiger partial charge on any atom is 0.279 e. The summed E-state index contributed by atoms with van der Waals surface area (Å²) >= 11 is 0. The van der Waals surface area contributed by atoms with Gasteiger partial charge in [0.2, 0.25) is 22.7 Å². The molecule has 3 N–H and O–H groups in total. The van der Waals surface area contributed by atoms with Crippen LogP contribution in [-0.4, -0.2) is 151 Å². The van der Waals surface area contributed by atoms with Crippen molar-refractivity contribution in [3.63, 3.8) is 0 Å². The van der Waals surface area contributed by atoms with Gasteiger partial charge in [-0.15, -0.1) is 0 Å². The summed E-state index contributed by atoms with van der Waals surface area (Å²) in [6.45, 7) is 2.00. The van der Waals surface area contributed by atoms with Crippen molar-refractivity contribution in [1.82, 2.24) is 4.98 Å². The molecular weight excluding hydrogens is 1610 g/mol. The minimum absolute atomic E-state index is 0. The van der Waals surface area contributed by atoms with Gasteiger partial charge in [-0.3, -0.25) is 13.8 Å². The summed E-state index contributed by atoms with van der Waals surface area (Å²) in [4.78, 5) is 56.0. The van der Waals surface area contributed by atoms with Crippen LogP contribution >= 0.6 is 0 Å². The fourth-order valence-corrected chi connectivity index (χ4v) is 10.7. The number of carboxylic acids is 3. The number of nitrogens with zero attached hydrogens (tertiary/aromatic N) is 16. The minimum atomic E-state index is -2.16. The van der Waals surface area contributed by atoms with E-state index in [0.717, 1.165) is 56.7 Å². The number of rotatable bonds is 18. The maximum absolute atomic E-state index is 13.1. The summed E-state index contributed by atoms with van der Waals surface area (Å²) < 4.78 is 62.9. The summed E-state index contributed by atoms with van der Waals surface area (Å²) in [6.07, 6.45) is 30.7. The van der Waals surface area contributed by atoms with Crippen LogP contribution in [0, 0.1) is 48.4 Å². The third kappa shape index (κ3) is 22.0. The standard InChI is InChI=1S/C35H40N8O2.C29H33N6O2.C7HF4O2.C7H10N2.CH4.3Y/c1-36(2)26-9-17-40(18-10-26)31-25-30(35(44)45)32(41-19-11-27(12-20-41)37(3)4)34(43-23-15-29(16-24-43)39(7)8)33(31)42-21-13-28(14-22-42)38(5)6;1-21-26(33-14-8-22(9-15-33)30(2)3)20-25(29(36)37)28(35-18-12-24(13-19-35)32(6)7)27(21)34-16-10-23(11-17-34)31(4)5;8-3-1-2(7(12)13)4(9)6(11)5(3)10;1-9(2)7-3-5-8-6-4-7;;;;/h9-24H,1-8H3;8-19H,1-7H3;(H,12,13);3-6H,1-2H3;1H4;;;/q+2;+1;-1;;;;;/p+2. The predicted octanol–water partition coefficient (Wildman–Crippen LogP) is 8.59. The van der Waals surface area contributed by atoms with Crippen LogP contribution in [0.4, 0.5) is 63.1 Å². The van der Waals surface area contributed by atoms with Gasteiger partial charge in [0.15, 0.2) is 86.8 Å². The van der Waals surface area contributed by atoms with E-state index in [-0.39, 0.29) is 117 Å². The Hall–Kier alpha value is -9.30. The van der Waals surface area contributed by atoms with Crippen LogP contribution < -0.4 is 71.2 Å². The molecule has 108 heavy (non-hydrogen) atoms. The van der Waals surface area contributed by atoms with Gasteiger partial charge in [-0.05, 0) is 23.8 Å². The second kappa shape index (κ2) is 40.8. The molecule has 0 saturated heterocycles. The van der Waals surface area contributed by atoms with Crippen LogP contribution in [0.25, 0.3) is 39.8 Å². The topological polar surface area (TPSA) is 178 Å². The smallest absolute Gasteiger partial charge is 0.279 e. The van der Waals surface area contributed by atoms with Gasteiger partial charge in [-0.2, -0.15) is 22.8 Å². The molecule has 11 rings (SSSR count). The number of carboxylic acid groups (broad SMARTS) is 3. The largest absolute Gasteiger partial charge is 0.521 e. The van der Waals surface area contributed by atoms with Gasteiger partial charge in [0, 0.05) is 370 Å². The summed E-state index contributed by atoms with van der Waals surface area (Å²) in [6, 6.07) is 39.7. The molecule has 0 aliphatic rings. The van der Waals surface area contributed by atoms with Gasteiger partial charge in [-0.1, -0.05) is 26.5 Å². The van der Waals surface area contributed by atoms with Crippen molar-refractivity contribution in [2.45, 2.75) is 14.4 Å². The number of hydrogen-bond donors (Lipinski definition) is 3. The fourth-order valence-electron chi connectivity index (χ4n) is 10.7. The Labute approximate surface area is 705 Å². The van der Waals surface area contributed by atoms with E-state index in [1.807, 2.05) is 375 Å². The van der Waals surface area contributed by atoms with E-state index in [4.69, 9.17) is 5.11 Å². The second-order valence-corrected chi connectivity index (χ2v) is 25.3. The third-order valence-electron chi connectivity index (χ3n) is 16.5. The first-order valence-corrected chi connectivity index (χ1v) is 32.4. The van der Waals surface area contributed by atoms with Crippen LogP contribution in [0.5, 0.6) is 0 Å². The molecule has 0 saturated carbocycles. The molecule has 0 atom stereocenters. The van der Waals surface area contributed by atoms with Crippen molar-refractivity contribution >= 4 is 63.4 Å². The summed E-state index contributed by atoms with van der Waals surface area (Å²) in [5, 5.41) is 29.2. The van der Waals surface area contributed by atoms with Crippen LogP contribution in [0.15, 0.2) is 196 Å². The normalized spacial score (nSPS) is 10.2. The Morgan fingerprint density at radius 1 is 0.306 bits per heavy atom. The number of aromatic nitrogens is 8. The van der Waals surface area contributed by atoms with Crippen molar-refractivity contribution < 1.29 is 177 Å². The van der Waals surface area contributed by atoms with Crippen LogP contribution in [0.3, 0.4) is 0 Å². The van der Waals surface area contributed by atoms with Crippen LogP contribution in [-0.2, 0) is 98.1 Å². The average Bonchev–Trinajstić information content (AvgIpc) is 0.738. The quantitative estimate of drug-likeness (QED) is 0.0245. The maximum atomic E-state index is 13.1. The van der Waals surface area contributed by atoms with Crippen LogP contribution in [0.1, 0.15) is 44.1 Å². The summed E-state index contributed by atoms with van der Waals surface area (Å²) in [5.74, 6) is -12.1. The molecule has 8 heterocycles. The molecule has 0 aliphatic carbocycles. The van der Waals surface area contributed by atoms with Crippen molar-refractivity contribution in [1.29, 1.82) is 0 Å². The van der Waals surface area contributed by atoms with Crippen molar-refractivity contribution in [3.8, 4) is 39.8 Å². The molecule has 0 fully saturated rings. The van der Waals surface area contributed by atoms with Crippen molar-refractivity contribution in [3.05, 3.63) is 260 Å². The van der Waals surface area contributed by atoms with E-state index < -0.39 is 46.7 Å². The van der Waals surface area contributed by atoms with Gasteiger partial charge in [0.05, 0.1) is 11.6 Å². The Morgan fingerprint density at radius 2 is 0.537 bits per heavy atom. The number of pyridine rings is 8. The number of aromatic carboxylic acids is 3. The Bertz CT molecular complexity index is 4820. The molecule has 11 aromatic rings. The van der Waals surface area contributed by atoms with Gasteiger partial charge in [0.25, 0.3) is 29.3 Å². The van der Waals surface area contributed by atoms with E-state index in [1.54, 1.807) is 12.4 Å². The van der Waals surface area contributed by atoms with Crippen molar-refractivity contribution in [2.75, 3.05) is 152 Å². The predicted molar refractivity (Wildman–Crippen MR) is 398 cm³/mol. The molecule has 0 unspecified atom stereocenters. The van der Waals surface area contributed by atoms with Gasteiger partial charge >= 0.3 is 0 Å². The van der Waals surface area contributed by atoms with Gasteiger partial charge < -0.3 is 68.9 Å². The zero-order chi connectivity index (χ0) is 76.1. The monoisotopic (exact) mass is 1700 g/mol. The number of anilines is 8. The van der Waals surface area contributed by atoms with Gasteiger partial charge in [0.1, 0.15) is 17.3 Å². The Morgan fingerprint density at radius 3 is 0.815 bits per heavy atom. The number of benzene rings is 3. The molecule has 0 aliphatic heterocycles. The first kappa shape index (κ1) is 91.1. The Kier molecular flexibility index (Phi) is 34.4. The fraction of sp³-hybridized carbons (Fsp3) is 0.228. The molecule has 0 bridgehead atoms. The second-order valence-electron chi connectivity index (χ2n) is 25.3. The molecule has 0 amide bonds.